The summed E-state index contributed by atoms with van der Waals surface area (Å²) in [6.45, 7) is 8.93. The average Bonchev–Trinajstić information content (AvgIpc) is 3.47. The Morgan fingerprint density at radius 1 is 1.14 bits per heavy atom. The molecule has 186 valence electrons. The number of para-hydroxylation sites is 2. The molecule has 2 aliphatic heterocycles. The van der Waals surface area contributed by atoms with Gasteiger partial charge in [-0.15, -0.1) is 0 Å². The minimum absolute atomic E-state index is 0.0157. The van der Waals surface area contributed by atoms with Gasteiger partial charge in [-0.05, 0) is 44.0 Å². The van der Waals surface area contributed by atoms with E-state index in [1.807, 2.05) is 59.0 Å². The van der Waals surface area contributed by atoms with Gasteiger partial charge in [-0.1, -0.05) is 26.0 Å². The summed E-state index contributed by atoms with van der Waals surface area (Å²) >= 11 is 0. The maximum Gasteiger partial charge on any atom is 0.326 e. The number of hydrogen-bond acceptors (Lipinski definition) is 5. The number of anilines is 1. The topological polar surface area (TPSA) is 103 Å². The van der Waals surface area contributed by atoms with Gasteiger partial charge in [-0.3, -0.25) is 14.5 Å². The van der Waals surface area contributed by atoms with E-state index in [1.165, 1.54) is 0 Å². The number of imidazole rings is 1. The average molecular weight is 486 g/mol. The van der Waals surface area contributed by atoms with Crippen molar-refractivity contribution >= 4 is 22.8 Å². The van der Waals surface area contributed by atoms with Crippen LogP contribution >= 0.6 is 0 Å². The number of nitrogens with one attached hydrogen (secondary N) is 2. The fourth-order valence-electron chi connectivity index (χ4n) is 5.89. The maximum absolute atomic E-state index is 13.6. The van der Waals surface area contributed by atoms with Crippen molar-refractivity contribution in [3.05, 3.63) is 75.6 Å². The first-order valence-corrected chi connectivity index (χ1v) is 12.5. The van der Waals surface area contributed by atoms with Gasteiger partial charge in [0, 0.05) is 60.2 Å². The van der Waals surface area contributed by atoms with Crippen LogP contribution in [0.3, 0.4) is 0 Å². The first-order chi connectivity index (χ1) is 17.3. The number of piperidine rings is 1. The van der Waals surface area contributed by atoms with Crippen LogP contribution < -0.4 is 10.6 Å². The molecular formula is C27H31N7O2. The second kappa shape index (κ2) is 8.36. The van der Waals surface area contributed by atoms with Gasteiger partial charge in [0.05, 0.1) is 17.2 Å². The number of H-pyrrole nitrogens is 2. The van der Waals surface area contributed by atoms with Crippen molar-refractivity contribution in [2.75, 3.05) is 24.5 Å². The summed E-state index contributed by atoms with van der Waals surface area (Å²) in [7, 11) is 0. The van der Waals surface area contributed by atoms with Gasteiger partial charge >= 0.3 is 5.69 Å². The number of nitrogens with zero attached hydrogens (tertiary/aromatic N) is 5. The molecule has 3 aromatic heterocycles. The number of fused-ring (bicyclic) bond motifs is 2. The molecule has 1 amide bonds. The van der Waals surface area contributed by atoms with Gasteiger partial charge in [0.15, 0.2) is 0 Å². The second-order valence-electron chi connectivity index (χ2n) is 10.7. The van der Waals surface area contributed by atoms with Crippen molar-refractivity contribution in [2.24, 2.45) is 0 Å². The van der Waals surface area contributed by atoms with Gasteiger partial charge in [-0.25, -0.2) is 9.78 Å². The first-order valence-electron chi connectivity index (χ1n) is 12.5. The van der Waals surface area contributed by atoms with Crippen molar-refractivity contribution in [1.29, 1.82) is 0 Å². The Kier molecular flexibility index (Phi) is 5.24. The summed E-state index contributed by atoms with van der Waals surface area (Å²) in [5, 5.41) is 7.31. The van der Waals surface area contributed by atoms with E-state index < -0.39 is 0 Å². The van der Waals surface area contributed by atoms with Crippen LogP contribution in [0, 0.1) is 6.92 Å². The van der Waals surface area contributed by atoms with Crippen molar-refractivity contribution in [2.45, 2.75) is 51.6 Å². The van der Waals surface area contributed by atoms with Crippen LogP contribution in [0.25, 0.3) is 11.0 Å². The van der Waals surface area contributed by atoms with Gasteiger partial charge in [-0.2, -0.15) is 5.10 Å². The normalized spacial score (nSPS) is 18.0. The van der Waals surface area contributed by atoms with Crippen LogP contribution in [-0.4, -0.2) is 55.2 Å². The zero-order valence-corrected chi connectivity index (χ0v) is 20.9. The number of aromatic amines is 2. The number of pyridine rings is 1. The Hall–Kier alpha value is -3.88. The third-order valence-corrected chi connectivity index (χ3v) is 7.59. The monoisotopic (exact) mass is 485 g/mol. The Bertz CT molecular complexity index is 1500. The van der Waals surface area contributed by atoms with Crippen LogP contribution in [0.15, 0.2) is 47.4 Å². The Morgan fingerprint density at radius 3 is 2.72 bits per heavy atom. The molecule has 1 saturated heterocycles. The molecule has 4 aromatic rings. The molecule has 0 spiro atoms. The zero-order chi connectivity index (χ0) is 25.0. The molecule has 0 radical (unpaired) electrons. The fourth-order valence-corrected chi connectivity index (χ4v) is 5.89. The zero-order valence-electron chi connectivity index (χ0n) is 20.9. The van der Waals surface area contributed by atoms with E-state index in [2.05, 4.69) is 33.9 Å². The molecule has 36 heavy (non-hydrogen) atoms. The van der Waals surface area contributed by atoms with E-state index >= 15 is 0 Å². The van der Waals surface area contributed by atoms with Gasteiger partial charge in [0.25, 0.3) is 5.91 Å². The number of aryl methyl sites for hydroxylation is 1. The molecule has 0 atom stereocenters. The highest BCUT2D eigenvalue weighted by Gasteiger charge is 2.36. The second-order valence-corrected chi connectivity index (χ2v) is 10.7. The molecule has 6 rings (SSSR count). The molecule has 1 aromatic carbocycles. The number of carbonyl (C=O) groups is 1. The number of rotatable bonds is 3. The lowest BCUT2D eigenvalue weighted by Gasteiger charge is -2.37. The lowest BCUT2D eigenvalue weighted by atomic mass is 9.83. The molecule has 5 heterocycles. The quantitative estimate of drug-likeness (QED) is 0.462. The minimum atomic E-state index is -0.187. The summed E-state index contributed by atoms with van der Waals surface area (Å²) < 4.78 is 1.90. The Morgan fingerprint density at radius 2 is 1.92 bits per heavy atom. The minimum Gasteiger partial charge on any atom is -0.356 e. The third kappa shape index (κ3) is 3.79. The van der Waals surface area contributed by atoms with Crippen molar-refractivity contribution in [1.82, 2.24) is 29.6 Å². The highest BCUT2D eigenvalue weighted by Crippen LogP contribution is 2.33. The van der Waals surface area contributed by atoms with Crippen LogP contribution in [0.2, 0.25) is 0 Å². The Balaban J connectivity index is 1.21. The first kappa shape index (κ1) is 22.6. The molecule has 0 saturated carbocycles. The summed E-state index contributed by atoms with van der Waals surface area (Å²) in [5.41, 5.74) is 5.25. The summed E-state index contributed by atoms with van der Waals surface area (Å²) in [6, 6.07) is 11.8. The smallest absolute Gasteiger partial charge is 0.326 e. The molecule has 0 unspecified atom stereocenters. The van der Waals surface area contributed by atoms with Crippen molar-refractivity contribution < 1.29 is 4.79 Å². The molecule has 2 aliphatic rings. The van der Waals surface area contributed by atoms with Crippen LogP contribution in [0.4, 0.5) is 5.82 Å². The Labute approximate surface area is 209 Å². The summed E-state index contributed by atoms with van der Waals surface area (Å²) in [4.78, 5) is 38.1. The number of amides is 1. The number of hydrogen-bond donors (Lipinski definition) is 2. The third-order valence-electron chi connectivity index (χ3n) is 7.59. The molecule has 1 fully saturated rings. The van der Waals surface area contributed by atoms with Crippen LogP contribution in [0.1, 0.15) is 60.0 Å². The predicted octanol–water partition coefficient (Wildman–Crippen LogP) is 3.53. The highest BCUT2D eigenvalue weighted by atomic mass is 16.2. The van der Waals surface area contributed by atoms with E-state index in [1.54, 1.807) is 0 Å². The summed E-state index contributed by atoms with van der Waals surface area (Å²) in [6.07, 6.45) is 3.50. The van der Waals surface area contributed by atoms with Crippen LogP contribution in [0.5, 0.6) is 0 Å². The largest absolute Gasteiger partial charge is 0.356 e. The molecule has 0 aliphatic carbocycles. The number of aromatic nitrogens is 5. The maximum atomic E-state index is 13.6. The molecule has 9 nitrogen and oxygen atoms in total. The van der Waals surface area contributed by atoms with E-state index in [4.69, 9.17) is 4.98 Å². The van der Waals surface area contributed by atoms with Crippen molar-refractivity contribution in [3.8, 4) is 0 Å². The van der Waals surface area contributed by atoms with E-state index in [-0.39, 0.29) is 23.1 Å². The lowest BCUT2D eigenvalue weighted by Crippen LogP contribution is -2.45. The highest BCUT2D eigenvalue weighted by molar-refractivity contribution is 5.95. The molecule has 2 N–H and O–H groups in total. The lowest BCUT2D eigenvalue weighted by molar-refractivity contribution is 0.0684. The van der Waals surface area contributed by atoms with Gasteiger partial charge < -0.3 is 14.8 Å². The van der Waals surface area contributed by atoms with Gasteiger partial charge in [0.1, 0.15) is 5.82 Å². The standard InChI is InChI=1S/C27H31N7O2/c1-17-12-18(25(35)33-15-19-14-28-31-24(19)27(2,3)16-33)13-23(29-17)32-10-8-20(9-11-32)34-22-7-5-4-6-21(22)30-26(34)36/h4-7,12-14,20H,8-11,15-16H2,1-3H3,(H,28,31)(H,30,36). The van der Waals surface area contributed by atoms with E-state index in [0.717, 1.165) is 59.7 Å². The summed E-state index contributed by atoms with van der Waals surface area (Å²) in [5.74, 6) is 0.838. The van der Waals surface area contributed by atoms with Gasteiger partial charge in [0.2, 0.25) is 0 Å². The van der Waals surface area contributed by atoms with E-state index in [9.17, 15) is 9.59 Å². The predicted molar refractivity (Wildman–Crippen MR) is 138 cm³/mol. The van der Waals surface area contributed by atoms with Crippen LogP contribution in [-0.2, 0) is 12.0 Å². The fraction of sp³-hybridized carbons (Fsp3) is 0.407. The molecular weight excluding hydrogens is 454 g/mol. The SMILES string of the molecule is Cc1cc(C(=O)N2Cc3cn[nH]c3C(C)(C)C2)cc(N2CCC(n3c(=O)[nH]c4ccccc43)CC2)n1. The van der Waals surface area contributed by atoms with Crippen molar-refractivity contribution in [3.63, 3.8) is 0 Å². The van der Waals surface area contributed by atoms with E-state index in [0.29, 0.717) is 18.7 Å². The molecule has 9 heteroatoms. The number of benzene rings is 1. The number of carbonyl (C=O) groups excluding carboxylic acids is 1. The molecule has 0 bridgehead atoms.